The number of benzene rings is 1. The third-order valence-corrected chi connectivity index (χ3v) is 6.39. The molecule has 11 nitrogen and oxygen atoms in total. The van der Waals surface area contributed by atoms with E-state index >= 15 is 0 Å². The fourth-order valence-electron chi connectivity index (χ4n) is 4.20. The number of aliphatic hydroxyl groups is 1. The van der Waals surface area contributed by atoms with E-state index in [-0.39, 0.29) is 48.3 Å². The van der Waals surface area contributed by atoms with Gasteiger partial charge in [0, 0.05) is 24.4 Å². The molecule has 1 fully saturated rings. The Balaban J connectivity index is 1.47. The molecule has 0 aliphatic heterocycles. The molecular formula is C22H23F3N6O5S. The van der Waals surface area contributed by atoms with Crippen LogP contribution in [0, 0.1) is 5.92 Å². The van der Waals surface area contributed by atoms with Crippen LogP contribution in [-0.4, -0.2) is 57.8 Å². The summed E-state index contributed by atoms with van der Waals surface area (Å²) in [5, 5.41) is 22.3. The van der Waals surface area contributed by atoms with E-state index in [1.807, 2.05) is 0 Å². The van der Waals surface area contributed by atoms with Crippen LogP contribution in [0.1, 0.15) is 40.0 Å². The first-order valence-electron chi connectivity index (χ1n) is 11.1. The average Bonchev–Trinajstić information content (AvgIpc) is 3.43. The first-order valence-corrected chi connectivity index (χ1v) is 12.5. The number of halogens is 3. The highest BCUT2D eigenvalue weighted by Gasteiger charge is 2.35. The Bertz CT molecular complexity index is 1380. The Kier molecular flexibility index (Phi) is 7.59. The number of aliphatic hydroxyl groups excluding tert-OH is 1. The van der Waals surface area contributed by atoms with Gasteiger partial charge in [-0.2, -0.15) is 26.7 Å². The van der Waals surface area contributed by atoms with Crippen molar-refractivity contribution in [3.05, 3.63) is 71.4 Å². The molecule has 4 rings (SSSR count). The normalized spacial score (nSPS) is 20.2. The number of alkyl halides is 3. The van der Waals surface area contributed by atoms with Crippen LogP contribution in [0.15, 0.2) is 49.1 Å². The molecule has 1 saturated carbocycles. The highest BCUT2D eigenvalue weighted by atomic mass is 32.2. The van der Waals surface area contributed by atoms with Gasteiger partial charge in [0.1, 0.15) is 17.8 Å². The number of ketones is 1. The van der Waals surface area contributed by atoms with Crippen molar-refractivity contribution in [2.45, 2.75) is 37.7 Å². The summed E-state index contributed by atoms with van der Waals surface area (Å²) >= 11 is 0. The van der Waals surface area contributed by atoms with Crippen LogP contribution >= 0.6 is 0 Å². The number of hydrogen-bond donors (Lipinski definition) is 3. The lowest BCUT2D eigenvalue weighted by Crippen LogP contribution is -2.24. The van der Waals surface area contributed by atoms with Gasteiger partial charge in [-0.1, -0.05) is 18.2 Å². The monoisotopic (exact) mass is 540 g/mol. The second-order valence-corrected chi connectivity index (χ2v) is 9.81. The largest absolute Gasteiger partial charge is 0.416 e. The molecule has 0 radical (unpaired) electrons. The Hall–Kier alpha value is -3.40. The zero-order valence-electron chi connectivity index (χ0n) is 19.2. The molecule has 0 bridgehead atoms. The Morgan fingerprint density at radius 3 is 2.73 bits per heavy atom. The lowest BCUT2D eigenvalue weighted by Gasteiger charge is -2.15. The van der Waals surface area contributed by atoms with Gasteiger partial charge in [-0.25, -0.2) is 15.1 Å². The highest BCUT2D eigenvalue weighted by molar-refractivity contribution is 7.84. The lowest BCUT2D eigenvalue weighted by molar-refractivity contribution is -0.138. The number of nitrogens with zero attached hydrogens (tertiary/aromatic N) is 4. The molecule has 1 aliphatic carbocycles. The minimum absolute atomic E-state index is 0.00302. The van der Waals surface area contributed by atoms with Crippen LogP contribution in [-0.2, 0) is 27.2 Å². The Morgan fingerprint density at radius 1 is 1.24 bits per heavy atom. The van der Waals surface area contributed by atoms with Crippen LogP contribution in [0.4, 0.5) is 19.0 Å². The van der Waals surface area contributed by atoms with E-state index in [0.29, 0.717) is 6.42 Å². The number of aromatic nitrogens is 4. The van der Waals surface area contributed by atoms with Crippen molar-refractivity contribution in [1.82, 2.24) is 19.7 Å². The van der Waals surface area contributed by atoms with Crippen LogP contribution in [0.5, 0.6) is 0 Å². The van der Waals surface area contributed by atoms with Gasteiger partial charge in [-0.3, -0.25) is 13.7 Å². The zero-order valence-corrected chi connectivity index (χ0v) is 20.0. The molecule has 2 aromatic heterocycles. The molecule has 3 aromatic rings. The van der Waals surface area contributed by atoms with Gasteiger partial charge in [0.25, 0.3) is 0 Å². The van der Waals surface area contributed by atoms with Gasteiger partial charge in [0.15, 0.2) is 0 Å². The van der Waals surface area contributed by atoms with Crippen molar-refractivity contribution in [3.63, 3.8) is 0 Å². The van der Waals surface area contributed by atoms with Crippen molar-refractivity contribution in [3.8, 4) is 0 Å². The molecule has 15 heteroatoms. The Morgan fingerprint density at radius 2 is 2.00 bits per heavy atom. The number of carbonyl (C=O) groups is 1. The molecule has 0 saturated heterocycles. The van der Waals surface area contributed by atoms with Crippen molar-refractivity contribution in [2.75, 3.05) is 11.9 Å². The van der Waals surface area contributed by atoms with E-state index in [1.54, 1.807) is 0 Å². The van der Waals surface area contributed by atoms with Gasteiger partial charge >= 0.3 is 16.5 Å². The second kappa shape index (κ2) is 10.5. The summed E-state index contributed by atoms with van der Waals surface area (Å²) in [4.78, 5) is 21.1. The average molecular weight is 541 g/mol. The number of nitrogens with two attached hydrogens (primary N) is 1. The smallest absolute Gasteiger partial charge is 0.393 e. The fraction of sp³-hybridized carbons (Fsp3) is 0.364. The van der Waals surface area contributed by atoms with Gasteiger partial charge in [-0.15, -0.1) is 0 Å². The maximum Gasteiger partial charge on any atom is 0.416 e. The summed E-state index contributed by atoms with van der Waals surface area (Å²) in [6, 6.07) is 6.14. The molecule has 4 N–H and O–H groups in total. The van der Waals surface area contributed by atoms with Crippen LogP contribution < -0.4 is 10.5 Å². The van der Waals surface area contributed by atoms with Crippen molar-refractivity contribution < 1.29 is 35.7 Å². The first-order chi connectivity index (χ1) is 17.4. The van der Waals surface area contributed by atoms with Crippen molar-refractivity contribution in [1.29, 1.82) is 0 Å². The predicted molar refractivity (Wildman–Crippen MR) is 123 cm³/mol. The number of rotatable bonds is 9. The number of anilines is 1. The molecule has 0 spiro atoms. The maximum absolute atomic E-state index is 13.3. The minimum Gasteiger partial charge on any atom is -0.393 e. The summed E-state index contributed by atoms with van der Waals surface area (Å²) in [6.45, 7) is -0.482. The van der Waals surface area contributed by atoms with E-state index in [0.717, 1.165) is 6.07 Å². The van der Waals surface area contributed by atoms with Crippen molar-refractivity contribution in [2.24, 2.45) is 11.1 Å². The quantitative estimate of drug-likeness (QED) is 0.343. The van der Waals surface area contributed by atoms with Gasteiger partial charge in [-0.05, 0) is 30.5 Å². The van der Waals surface area contributed by atoms with E-state index in [2.05, 4.69) is 24.6 Å². The Labute approximate surface area is 209 Å². The molecule has 2 heterocycles. The van der Waals surface area contributed by atoms with Gasteiger partial charge in [0.05, 0.1) is 30.4 Å². The fourth-order valence-corrected chi connectivity index (χ4v) is 4.57. The van der Waals surface area contributed by atoms with E-state index in [4.69, 9.17) is 5.14 Å². The highest BCUT2D eigenvalue weighted by Crippen LogP contribution is 2.32. The number of carbonyl (C=O) groups excluding carboxylic acids is 1. The molecule has 37 heavy (non-hydrogen) atoms. The van der Waals surface area contributed by atoms with E-state index in [1.165, 1.54) is 47.7 Å². The summed E-state index contributed by atoms with van der Waals surface area (Å²) in [5.41, 5.74) is -0.730. The molecule has 0 unspecified atom stereocenters. The number of hydrogen-bond acceptors (Lipinski definition) is 9. The summed E-state index contributed by atoms with van der Waals surface area (Å²) < 4.78 is 67.8. The molecule has 3 atom stereocenters. The lowest BCUT2D eigenvalue weighted by atomic mass is 10.1. The topological polar surface area (TPSA) is 162 Å². The standard InChI is InChI=1S/C22H23F3N6O5S/c23-22(24,25)17-4-2-1-3-13(17)10-31-6-5-18(30-31)20(33)16-9-27-12-28-21(16)29-15-7-14(19(32)8-15)11-36-37(26,34)35/h1-6,9,12,14-15,19,32H,7-8,10-11H2,(H2,26,34,35)(H,27,28,29)/t14-,15-,19+/m1/s1. The minimum atomic E-state index is -4.53. The summed E-state index contributed by atoms with van der Waals surface area (Å²) in [6.07, 6.45) is -0.926. The van der Waals surface area contributed by atoms with Crippen LogP contribution in [0.25, 0.3) is 0 Å². The van der Waals surface area contributed by atoms with Gasteiger partial charge in [0.2, 0.25) is 5.78 Å². The SMILES string of the molecule is NS(=O)(=O)OC[C@H]1C[C@@H](Nc2ncncc2C(=O)c2ccn(Cc3ccccc3C(F)(F)F)n2)C[C@@H]1O. The third kappa shape index (κ3) is 6.68. The van der Waals surface area contributed by atoms with Crippen LogP contribution in [0.3, 0.4) is 0 Å². The van der Waals surface area contributed by atoms with Crippen LogP contribution in [0.2, 0.25) is 0 Å². The third-order valence-electron chi connectivity index (χ3n) is 5.93. The maximum atomic E-state index is 13.3. The number of nitrogens with one attached hydrogen (secondary N) is 1. The van der Waals surface area contributed by atoms with Crippen molar-refractivity contribution >= 4 is 21.9 Å². The van der Waals surface area contributed by atoms with E-state index in [9.17, 15) is 31.5 Å². The molecular weight excluding hydrogens is 517 g/mol. The van der Waals surface area contributed by atoms with E-state index < -0.39 is 39.8 Å². The zero-order chi connectivity index (χ0) is 26.8. The predicted octanol–water partition coefficient (Wildman–Crippen LogP) is 1.74. The molecule has 1 aliphatic rings. The molecule has 1 aromatic carbocycles. The first kappa shape index (κ1) is 26.7. The molecule has 0 amide bonds. The summed E-state index contributed by atoms with van der Waals surface area (Å²) in [7, 11) is -4.15. The summed E-state index contributed by atoms with van der Waals surface area (Å²) in [5.74, 6) is -0.895. The molecule has 198 valence electrons. The second-order valence-electron chi connectivity index (χ2n) is 8.59. The van der Waals surface area contributed by atoms with Gasteiger partial charge < -0.3 is 10.4 Å².